The standard InChI is InChI=1S/C11H14INO2/c1-3-10(11(14)15)13(2)9-6-4-8(12)5-7-9/h4-7,10H,3H2,1-2H3,(H,14,15). The number of carbonyl (C=O) groups is 1. The van der Waals surface area contributed by atoms with Gasteiger partial charge in [-0.05, 0) is 53.3 Å². The summed E-state index contributed by atoms with van der Waals surface area (Å²) < 4.78 is 1.15. The monoisotopic (exact) mass is 319 g/mol. The highest BCUT2D eigenvalue weighted by atomic mass is 127. The Labute approximate surface area is 103 Å². The minimum atomic E-state index is -0.779. The van der Waals surface area contributed by atoms with E-state index >= 15 is 0 Å². The summed E-state index contributed by atoms with van der Waals surface area (Å²) in [6.07, 6.45) is 0.595. The van der Waals surface area contributed by atoms with Crippen molar-refractivity contribution in [3.05, 3.63) is 27.8 Å². The molecule has 0 aliphatic rings. The van der Waals surface area contributed by atoms with Crippen LogP contribution in [-0.2, 0) is 4.79 Å². The number of hydrogen-bond acceptors (Lipinski definition) is 2. The van der Waals surface area contributed by atoms with Crippen LogP contribution in [0.15, 0.2) is 24.3 Å². The Kier molecular flexibility index (Phi) is 4.38. The highest BCUT2D eigenvalue weighted by molar-refractivity contribution is 14.1. The summed E-state index contributed by atoms with van der Waals surface area (Å²) in [5, 5.41) is 9.02. The van der Waals surface area contributed by atoms with E-state index in [9.17, 15) is 4.79 Å². The summed E-state index contributed by atoms with van der Waals surface area (Å²) >= 11 is 2.23. The number of hydrogen-bond donors (Lipinski definition) is 1. The van der Waals surface area contributed by atoms with Gasteiger partial charge in [-0.15, -0.1) is 0 Å². The summed E-state index contributed by atoms with van der Waals surface area (Å²) in [7, 11) is 1.81. The fourth-order valence-corrected chi connectivity index (χ4v) is 1.83. The van der Waals surface area contributed by atoms with Crippen LogP contribution >= 0.6 is 22.6 Å². The van der Waals surface area contributed by atoms with E-state index in [0.717, 1.165) is 9.26 Å². The number of rotatable bonds is 4. The number of carboxylic acid groups (broad SMARTS) is 1. The highest BCUT2D eigenvalue weighted by Crippen LogP contribution is 2.18. The number of halogens is 1. The molecule has 0 aromatic heterocycles. The molecule has 1 N–H and O–H groups in total. The Morgan fingerprint density at radius 3 is 2.40 bits per heavy atom. The SMILES string of the molecule is CCC(C(=O)O)N(C)c1ccc(I)cc1. The first kappa shape index (κ1) is 12.3. The molecule has 0 bridgehead atoms. The first-order valence-corrected chi connectivity index (χ1v) is 5.85. The summed E-state index contributed by atoms with van der Waals surface area (Å²) in [4.78, 5) is 12.8. The zero-order valence-corrected chi connectivity index (χ0v) is 10.9. The number of likely N-dealkylation sites (N-methyl/N-ethyl adjacent to an activating group) is 1. The first-order valence-electron chi connectivity index (χ1n) is 4.77. The fraction of sp³-hybridized carbons (Fsp3) is 0.364. The molecule has 0 spiro atoms. The lowest BCUT2D eigenvalue weighted by atomic mass is 10.2. The van der Waals surface area contributed by atoms with Crippen molar-refractivity contribution >= 4 is 34.2 Å². The molecule has 0 amide bonds. The maximum atomic E-state index is 11.0. The van der Waals surface area contributed by atoms with Crippen LogP contribution in [0, 0.1) is 3.57 Å². The minimum Gasteiger partial charge on any atom is -0.480 e. The molecule has 0 saturated heterocycles. The fourth-order valence-electron chi connectivity index (χ4n) is 1.47. The maximum Gasteiger partial charge on any atom is 0.326 e. The molecule has 3 nitrogen and oxygen atoms in total. The lowest BCUT2D eigenvalue weighted by Crippen LogP contribution is -2.37. The Morgan fingerprint density at radius 1 is 1.47 bits per heavy atom. The van der Waals surface area contributed by atoms with Gasteiger partial charge >= 0.3 is 5.97 Å². The second-order valence-corrected chi connectivity index (χ2v) is 4.60. The van der Waals surface area contributed by atoms with E-state index in [1.54, 1.807) is 4.90 Å². The van der Waals surface area contributed by atoms with Crippen LogP contribution in [0.1, 0.15) is 13.3 Å². The minimum absolute atomic E-state index is 0.454. The van der Waals surface area contributed by atoms with Crippen LogP contribution in [0.2, 0.25) is 0 Å². The van der Waals surface area contributed by atoms with Crippen molar-refractivity contribution in [2.75, 3.05) is 11.9 Å². The van der Waals surface area contributed by atoms with Crippen LogP contribution in [0.25, 0.3) is 0 Å². The van der Waals surface area contributed by atoms with Crippen LogP contribution < -0.4 is 4.90 Å². The smallest absolute Gasteiger partial charge is 0.326 e. The number of benzene rings is 1. The van der Waals surface area contributed by atoms with Crippen molar-refractivity contribution in [2.24, 2.45) is 0 Å². The third kappa shape index (κ3) is 3.09. The summed E-state index contributed by atoms with van der Waals surface area (Å²) in [5.74, 6) is -0.779. The largest absolute Gasteiger partial charge is 0.480 e. The topological polar surface area (TPSA) is 40.5 Å². The number of carboxylic acids is 1. The van der Waals surface area contributed by atoms with Crippen molar-refractivity contribution in [3.63, 3.8) is 0 Å². The molecule has 0 saturated carbocycles. The van der Waals surface area contributed by atoms with Crippen molar-refractivity contribution < 1.29 is 9.90 Å². The van der Waals surface area contributed by atoms with Gasteiger partial charge < -0.3 is 10.0 Å². The van der Waals surface area contributed by atoms with Crippen LogP contribution in [-0.4, -0.2) is 24.2 Å². The van der Waals surface area contributed by atoms with Crippen LogP contribution in [0.5, 0.6) is 0 Å². The number of anilines is 1. The second kappa shape index (κ2) is 5.34. The summed E-state index contributed by atoms with van der Waals surface area (Å²) in [6.45, 7) is 1.88. The molecular weight excluding hydrogens is 305 g/mol. The zero-order chi connectivity index (χ0) is 11.4. The van der Waals surface area contributed by atoms with Gasteiger partial charge in [0.25, 0.3) is 0 Å². The van der Waals surface area contributed by atoms with Crippen LogP contribution in [0.3, 0.4) is 0 Å². The van der Waals surface area contributed by atoms with Crippen molar-refractivity contribution in [1.29, 1.82) is 0 Å². The van der Waals surface area contributed by atoms with Gasteiger partial charge in [-0.3, -0.25) is 0 Å². The van der Waals surface area contributed by atoms with Gasteiger partial charge in [0.1, 0.15) is 6.04 Å². The van der Waals surface area contributed by atoms with Gasteiger partial charge in [-0.25, -0.2) is 4.79 Å². The molecule has 82 valence electrons. The van der Waals surface area contributed by atoms with E-state index in [1.165, 1.54) is 0 Å². The molecule has 0 aliphatic heterocycles. The van der Waals surface area contributed by atoms with Crippen LogP contribution in [0.4, 0.5) is 5.69 Å². The van der Waals surface area contributed by atoms with Gasteiger partial charge in [-0.1, -0.05) is 6.92 Å². The summed E-state index contributed by atoms with van der Waals surface area (Å²) in [5.41, 5.74) is 0.935. The molecule has 1 rings (SSSR count). The summed E-state index contributed by atoms with van der Waals surface area (Å²) in [6, 6.07) is 7.37. The Bertz CT molecular complexity index is 337. The Balaban J connectivity index is 2.87. The lowest BCUT2D eigenvalue weighted by molar-refractivity contribution is -0.138. The number of aliphatic carboxylic acids is 1. The van der Waals surface area contributed by atoms with Crippen molar-refractivity contribution in [2.45, 2.75) is 19.4 Å². The molecular formula is C11H14INO2. The number of nitrogens with zero attached hydrogens (tertiary/aromatic N) is 1. The molecule has 0 radical (unpaired) electrons. The van der Waals surface area contributed by atoms with Crippen molar-refractivity contribution in [3.8, 4) is 0 Å². The van der Waals surface area contributed by atoms with E-state index in [4.69, 9.17) is 5.11 Å². The van der Waals surface area contributed by atoms with Gasteiger partial charge in [0, 0.05) is 16.3 Å². The van der Waals surface area contributed by atoms with E-state index < -0.39 is 12.0 Å². The predicted molar refractivity (Wildman–Crippen MR) is 69.3 cm³/mol. The molecule has 0 heterocycles. The molecule has 4 heteroatoms. The average molecular weight is 319 g/mol. The molecule has 1 aromatic rings. The Morgan fingerprint density at radius 2 is 2.00 bits per heavy atom. The van der Waals surface area contributed by atoms with Gasteiger partial charge in [-0.2, -0.15) is 0 Å². The second-order valence-electron chi connectivity index (χ2n) is 3.35. The third-order valence-electron chi connectivity index (χ3n) is 2.37. The van der Waals surface area contributed by atoms with E-state index in [-0.39, 0.29) is 0 Å². The quantitative estimate of drug-likeness (QED) is 0.867. The zero-order valence-electron chi connectivity index (χ0n) is 8.77. The normalized spacial score (nSPS) is 12.2. The molecule has 1 atom stereocenters. The molecule has 1 aromatic carbocycles. The van der Waals surface area contributed by atoms with E-state index in [0.29, 0.717) is 6.42 Å². The van der Waals surface area contributed by atoms with Crippen molar-refractivity contribution in [1.82, 2.24) is 0 Å². The molecule has 15 heavy (non-hydrogen) atoms. The average Bonchev–Trinajstić information content (AvgIpc) is 2.19. The molecule has 0 aliphatic carbocycles. The van der Waals surface area contributed by atoms with E-state index in [2.05, 4.69) is 22.6 Å². The van der Waals surface area contributed by atoms with Gasteiger partial charge in [0.2, 0.25) is 0 Å². The third-order valence-corrected chi connectivity index (χ3v) is 3.09. The predicted octanol–water partition coefficient (Wildman–Crippen LogP) is 2.59. The molecule has 0 fully saturated rings. The Hall–Kier alpha value is -0.780. The van der Waals surface area contributed by atoms with Gasteiger partial charge in [0.05, 0.1) is 0 Å². The lowest BCUT2D eigenvalue weighted by Gasteiger charge is -2.25. The van der Waals surface area contributed by atoms with E-state index in [1.807, 2.05) is 38.2 Å². The molecule has 1 unspecified atom stereocenters. The highest BCUT2D eigenvalue weighted by Gasteiger charge is 2.20. The van der Waals surface area contributed by atoms with Gasteiger partial charge in [0.15, 0.2) is 0 Å². The maximum absolute atomic E-state index is 11.0. The first-order chi connectivity index (χ1) is 7.06.